The molecule has 10 heteroatoms. The Morgan fingerprint density at radius 2 is 1.85 bits per heavy atom. The molecule has 0 radical (unpaired) electrons. The van der Waals surface area contributed by atoms with E-state index in [-0.39, 0.29) is 16.8 Å². The number of benzene rings is 1. The Morgan fingerprint density at radius 3 is 2.48 bits per heavy atom. The molecule has 3 fully saturated rings. The summed E-state index contributed by atoms with van der Waals surface area (Å²) in [4.78, 5) is 30.8. The number of rotatable bonds is 6. The van der Waals surface area contributed by atoms with Gasteiger partial charge in [-0.25, -0.2) is 0 Å². The number of nitrogens with zero attached hydrogens (tertiary/aromatic N) is 3. The van der Waals surface area contributed by atoms with Crippen LogP contribution in [-0.4, -0.2) is 66.7 Å². The molecular weight excluding hydrogens is 459 g/mol. The van der Waals surface area contributed by atoms with Crippen LogP contribution < -0.4 is 9.64 Å². The van der Waals surface area contributed by atoms with Crippen molar-refractivity contribution in [2.24, 2.45) is 5.41 Å². The smallest absolute Gasteiger partial charge is 0.404 e. The van der Waals surface area contributed by atoms with Gasteiger partial charge in [-0.2, -0.15) is 0 Å². The predicted octanol–water partition coefficient (Wildman–Crippen LogP) is 4.46. The molecule has 1 saturated carbocycles. The Morgan fingerprint density at radius 1 is 1.15 bits per heavy atom. The number of carbonyl (C=O) groups is 2. The highest BCUT2D eigenvalue weighted by Crippen LogP contribution is 2.53. The molecule has 0 aromatic heterocycles. The van der Waals surface area contributed by atoms with Gasteiger partial charge in [0.15, 0.2) is 0 Å². The van der Waals surface area contributed by atoms with E-state index in [1.54, 1.807) is 22.8 Å². The Balaban J connectivity index is 1.28. The molecular formula is C23H29ClF3N3O3. The Bertz CT molecular complexity index is 897. The van der Waals surface area contributed by atoms with Crippen LogP contribution in [0, 0.1) is 5.41 Å². The van der Waals surface area contributed by atoms with Crippen LogP contribution in [0.5, 0.6) is 5.75 Å². The standard InChI is InChI=1S/C23H29ClF3N3O3/c1-16-21(32)29(10-2-3-20(31)28-11-8-22(6-7-22)9-12-28)13-14-30(16)17-4-5-18(24)19(15-17)33-23(25,26)27/h4-5,15-16H,2-3,6-14H2,1H3. The average molecular weight is 488 g/mol. The van der Waals surface area contributed by atoms with Crippen molar-refractivity contribution in [2.75, 3.05) is 37.6 Å². The van der Waals surface area contributed by atoms with Crippen molar-refractivity contribution in [3.63, 3.8) is 0 Å². The molecule has 2 aliphatic heterocycles. The first-order valence-corrected chi connectivity index (χ1v) is 11.8. The maximum atomic E-state index is 12.9. The molecule has 0 bridgehead atoms. The van der Waals surface area contributed by atoms with Crippen LogP contribution in [0.1, 0.15) is 45.4 Å². The van der Waals surface area contributed by atoms with E-state index in [0.29, 0.717) is 43.6 Å². The quantitative estimate of drug-likeness (QED) is 0.594. The van der Waals surface area contributed by atoms with Crippen LogP contribution in [0.15, 0.2) is 18.2 Å². The zero-order valence-electron chi connectivity index (χ0n) is 18.7. The van der Waals surface area contributed by atoms with Gasteiger partial charge >= 0.3 is 6.36 Å². The number of piperidine rings is 1. The molecule has 6 nitrogen and oxygen atoms in total. The van der Waals surface area contributed by atoms with Crippen molar-refractivity contribution >= 4 is 29.1 Å². The second kappa shape index (κ2) is 9.24. The van der Waals surface area contributed by atoms with E-state index in [9.17, 15) is 22.8 Å². The van der Waals surface area contributed by atoms with Gasteiger partial charge < -0.3 is 19.4 Å². The number of hydrogen-bond acceptors (Lipinski definition) is 4. The summed E-state index contributed by atoms with van der Waals surface area (Å²) in [6.45, 7) is 4.79. The topological polar surface area (TPSA) is 53.1 Å². The molecule has 3 aliphatic rings. The first-order valence-electron chi connectivity index (χ1n) is 11.5. The maximum Gasteiger partial charge on any atom is 0.573 e. The van der Waals surface area contributed by atoms with Crippen molar-refractivity contribution in [1.82, 2.24) is 9.80 Å². The summed E-state index contributed by atoms with van der Waals surface area (Å²) in [6.07, 6.45) is 0.983. The fraction of sp³-hybridized carbons (Fsp3) is 0.652. The van der Waals surface area contributed by atoms with E-state index < -0.39 is 18.2 Å². The van der Waals surface area contributed by atoms with Crippen molar-refractivity contribution in [2.45, 2.75) is 57.9 Å². The van der Waals surface area contributed by atoms with Gasteiger partial charge in [0, 0.05) is 50.9 Å². The number of ether oxygens (including phenoxy) is 1. The van der Waals surface area contributed by atoms with Crippen molar-refractivity contribution < 1.29 is 27.5 Å². The number of hydrogen-bond donors (Lipinski definition) is 0. The van der Waals surface area contributed by atoms with Crippen molar-refractivity contribution in [3.8, 4) is 5.75 Å². The summed E-state index contributed by atoms with van der Waals surface area (Å²) in [5.41, 5.74) is 0.968. The highest BCUT2D eigenvalue weighted by molar-refractivity contribution is 6.32. The first-order chi connectivity index (χ1) is 15.6. The van der Waals surface area contributed by atoms with Gasteiger partial charge in [0.25, 0.3) is 0 Å². The summed E-state index contributed by atoms with van der Waals surface area (Å²) >= 11 is 5.84. The third-order valence-electron chi connectivity index (χ3n) is 7.17. The lowest BCUT2D eigenvalue weighted by Crippen LogP contribution is -2.56. The number of carbonyl (C=O) groups excluding carboxylic acids is 2. The Kier molecular flexibility index (Phi) is 6.71. The number of halogens is 4. The van der Waals surface area contributed by atoms with Crippen molar-refractivity contribution in [3.05, 3.63) is 23.2 Å². The number of likely N-dealkylation sites (tertiary alicyclic amines) is 1. The summed E-state index contributed by atoms with van der Waals surface area (Å²) in [5, 5.41) is -0.153. The molecule has 1 unspecified atom stereocenters. The average Bonchev–Trinajstić information content (AvgIpc) is 3.51. The fourth-order valence-electron chi connectivity index (χ4n) is 4.86. The van der Waals surface area contributed by atoms with E-state index in [4.69, 9.17) is 11.6 Å². The van der Waals surface area contributed by atoms with Gasteiger partial charge in [0.2, 0.25) is 11.8 Å². The van der Waals surface area contributed by atoms with Crippen LogP contribution in [0.25, 0.3) is 0 Å². The van der Waals surface area contributed by atoms with Gasteiger partial charge in [0.1, 0.15) is 11.8 Å². The van der Waals surface area contributed by atoms with Gasteiger partial charge in [0.05, 0.1) is 5.02 Å². The summed E-state index contributed by atoms with van der Waals surface area (Å²) in [6, 6.07) is 3.57. The third-order valence-corrected chi connectivity index (χ3v) is 7.48. The molecule has 2 saturated heterocycles. The zero-order chi connectivity index (χ0) is 23.8. The largest absolute Gasteiger partial charge is 0.573 e. The minimum atomic E-state index is -4.85. The Hall–Kier alpha value is -2.16. The number of amides is 2. The lowest BCUT2D eigenvalue weighted by molar-refractivity contribution is -0.274. The molecule has 2 amide bonds. The highest BCUT2D eigenvalue weighted by Gasteiger charge is 2.45. The van der Waals surface area contributed by atoms with Gasteiger partial charge in [-0.3, -0.25) is 9.59 Å². The third kappa shape index (κ3) is 5.67. The number of alkyl halides is 3. The minimum absolute atomic E-state index is 0.115. The molecule has 2 heterocycles. The summed E-state index contributed by atoms with van der Waals surface area (Å²) in [7, 11) is 0. The summed E-state index contributed by atoms with van der Waals surface area (Å²) < 4.78 is 41.9. The van der Waals surface area contributed by atoms with E-state index in [2.05, 4.69) is 4.74 Å². The van der Waals surface area contributed by atoms with Crippen LogP contribution >= 0.6 is 11.6 Å². The van der Waals surface area contributed by atoms with E-state index in [0.717, 1.165) is 25.9 Å². The molecule has 1 aromatic carbocycles. The molecule has 182 valence electrons. The SMILES string of the molecule is CC1C(=O)N(CCCC(=O)N2CCC3(CC2)CC3)CCN1c1ccc(Cl)c(OC(F)(F)F)c1. The van der Waals surface area contributed by atoms with Gasteiger partial charge in [-0.15, -0.1) is 13.2 Å². The predicted molar refractivity (Wildman–Crippen MR) is 118 cm³/mol. The van der Waals surface area contributed by atoms with E-state index in [1.807, 2.05) is 4.90 Å². The maximum absolute atomic E-state index is 12.9. The molecule has 0 N–H and O–H groups in total. The molecule has 33 heavy (non-hydrogen) atoms. The van der Waals surface area contributed by atoms with Crippen LogP contribution in [0.2, 0.25) is 5.02 Å². The second-order valence-corrected chi connectivity index (χ2v) is 9.75. The lowest BCUT2D eigenvalue weighted by Gasteiger charge is -2.40. The molecule has 1 atom stereocenters. The van der Waals surface area contributed by atoms with Crippen LogP contribution in [0.3, 0.4) is 0 Å². The normalized spacial score (nSPS) is 22.6. The van der Waals surface area contributed by atoms with Crippen LogP contribution in [-0.2, 0) is 9.59 Å². The molecule has 1 spiro atoms. The molecule has 1 aromatic rings. The van der Waals surface area contributed by atoms with Gasteiger partial charge in [-0.1, -0.05) is 11.6 Å². The first kappa shape index (κ1) is 24.0. The number of piperazine rings is 1. The Labute approximate surface area is 196 Å². The zero-order valence-corrected chi connectivity index (χ0v) is 19.4. The fourth-order valence-corrected chi connectivity index (χ4v) is 5.02. The van der Waals surface area contributed by atoms with Gasteiger partial charge in [-0.05, 0) is 56.6 Å². The van der Waals surface area contributed by atoms with Crippen LogP contribution in [0.4, 0.5) is 18.9 Å². The number of anilines is 1. The van der Waals surface area contributed by atoms with Crippen molar-refractivity contribution in [1.29, 1.82) is 0 Å². The molecule has 1 aliphatic carbocycles. The monoisotopic (exact) mass is 487 g/mol. The summed E-state index contributed by atoms with van der Waals surface area (Å²) in [5.74, 6) is -0.453. The minimum Gasteiger partial charge on any atom is -0.404 e. The van der Waals surface area contributed by atoms with E-state index >= 15 is 0 Å². The lowest BCUT2D eigenvalue weighted by atomic mass is 9.93. The van der Waals surface area contributed by atoms with E-state index in [1.165, 1.54) is 25.0 Å². The second-order valence-electron chi connectivity index (χ2n) is 9.34. The highest BCUT2D eigenvalue weighted by atomic mass is 35.5. The molecule has 4 rings (SSSR count).